The van der Waals surface area contributed by atoms with Crippen molar-refractivity contribution >= 4 is 0 Å². The maximum atomic E-state index is 5.52. The predicted molar refractivity (Wildman–Crippen MR) is 46.4 cm³/mol. The summed E-state index contributed by atoms with van der Waals surface area (Å²) in [7, 11) is 0. The van der Waals surface area contributed by atoms with E-state index in [1.807, 2.05) is 12.2 Å². The van der Waals surface area contributed by atoms with E-state index in [4.69, 9.17) is 5.73 Å². The van der Waals surface area contributed by atoms with E-state index >= 15 is 0 Å². The Labute approximate surface area is 62.9 Å². The summed E-state index contributed by atoms with van der Waals surface area (Å²) in [6, 6.07) is 0. The summed E-state index contributed by atoms with van der Waals surface area (Å²) in [5.41, 5.74) is 6.24. The summed E-state index contributed by atoms with van der Waals surface area (Å²) in [5, 5.41) is 0. The molecule has 0 fully saturated rings. The van der Waals surface area contributed by atoms with Crippen LogP contribution in [0.4, 0.5) is 0 Å². The molecule has 1 nitrogen and oxygen atoms in total. The van der Waals surface area contributed by atoms with Crippen LogP contribution in [0.3, 0.4) is 0 Å². The van der Waals surface area contributed by atoms with E-state index in [0.717, 1.165) is 18.5 Å². The molecule has 0 bridgehead atoms. The zero-order chi connectivity index (χ0) is 7.98. The minimum Gasteiger partial charge on any atom is -0.402 e. The van der Waals surface area contributed by atoms with Gasteiger partial charge in [-0.25, -0.2) is 0 Å². The predicted octanol–water partition coefficient (Wildman–Crippen LogP) is 2.23. The van der Waals surface area contributed by atoms with Crippen molar-refractivity contribution in [2.45, 2.75) is 12.8 Å². The van der Waals surface area contributed by atoms with Crippen LogP contribution in [-0.4, -0.2) is 0 Å². The molecule has 0 aromatic heterocycles. The second-order valence-electron chi connectivity index (χ2n) is 2.32. The van der Waals surface area contributed by atoms with Gasteiger partial charge in [0.25, 0.3) is 0 Å². The average Bonchev–Trinajstić information content (AvgIpc) is 1.87. The Balaban J connectivity index is 3.83. The molecule has 0 heterocycles. The third-order valence-electron chi connectivity index (χ3n) is 1.43. The molecule has 0 aliphatic carbocycles. The maximum absolute atomic E-state index is 5.52. The van der Waals surface area contributed by atoms with E-state index in [0.29, 0.717) is 5.92 Å². The van der Waals surface area contributed by atoms with Gasteiger partial charge >= 0.3 is 0 Å². The summed E-state index contributed by atoms with van der Waals surface area (Å²) in [5.74, 6) is 0.329. The zero-order valence-electron chi connectivity index (χ0n) is 6.34. The van der Waals surface area contributed by atoms with Gasteiger partial charge in [-0.3, -0.25) is 0 Å². The van der Waals surface area contributed by atoms with Crippen molar-refractivity contribution in [1.82, 2.24) is 0 Å². The molecule has 0 saturated heterocycles. The standard InChI is InChI=1S/C9H15N/c1-4-6-9(7-5-2)8(3)10/h4-5,9H,1-3,6-7,10H2. The zero-order valence-corrected chi connectivity index (χ0v) is 6.34. The van der Waals surface area contributed by atoms with E-state index in [9.17, 15) is 0 Å². The highest BCUT2D eigenvalue weighted by atomic mass is 14.6. The lowest BCUT2D eigenvalue weighted by Gasteiger charge is -2.10. The van der Waals surface area contributed by atoms with Gasteiger partial charge in [0, 0.05) is 11.6 Å². The van der Waals surface area contributed by atoms with Gasteiger partial charge in [0.1, 0.15) is 0 Å². The first kappa shape index (κ1) is 9.02. The summed E-state index contributed by atoms with van der Waals surface area (Å²) in [4.78, 5) is 0. The van der Waals surface area contributed by atoms with Crippen LogP contribution in [0.25, 0.3) is 0 Å². The monoisotopic (exact) mass is 137 g/mol. The van der Waals surface area contributed by atoms with Crippen LogP contribution in [0.5, 0.6) is 0 Å². The molecule has 0 rings (SSSR count). The van der Waals surface area contributed by atoms with Crippen LogP contribution >= 0.6 is 0 Å². The van der Waals surface area contributed by atoms with Crippen molar-refractivity contribution in [2.24, 2.45) is 11.7 Å². The maximum Gasteiger partial charge on any atom is 0.00471 e. The largest absolute Gasteiger partial charge is 0.402 e. The molecule has 1 heteroatoms. The first-order chi connectivity index (χ1) is 4.72. The molecule has 0 aromatic rings. The van der Waals surface area contributed by atoms with E-state index in [-0.39, 0.29) is 0 Å². The van der Waals surface area contributed by atoms with Gasteiger partial charge in [0.15, 0.2) is 0 Å². The molecule has 56 valence electrons. The molecule has 0 unspecified atom stereocenters. The minimum atomic E-state index is 0.329. The van der Waals surface area contributed by atoms with Gasteiger partial charge in [-0.1, -0.05) is 18.7 Å². The molecule has 0 aliphatic rings. The van der Waals surface area contributed by atoms with Gasteiger partial charge in [0.2, 0.25) is 0 Å². The molecule has 0 spiro atoms. The molecule has 2 N–H and O–H groups in total. The Morgan fingerprint density at radius 2 is 1.70 bits per heavy atom. The lowest BCUT2D eigenvalue weighted by atomic mass is 9.99. The van der Waals surface area contributed by atoms with Crippen molar-refractivity contribution in [3.05, 3.63) is 37.6 Å². The fourth-order valence-electron chi connectivity index (χ4n) is 0.801. The van der Waals surface area contributed by atoms with Crippen LogP contribution in [0, 0.1) is 5.92 Å². The van der Waals surface area contributed by atoms with Crippen molar-refractivity contribution in [2.75, 3.05) is 0 Å². The Morgan fingerprint density at radius 1 is 1.30 bits per heavy atom. The highest BCUT2D eigenvalue weighted by Gasteiger charge is 2.04. The lowest BCUT2D eigenvalue weighted by molar-refractivity contribution is 0.629. The third-order valence-corrected chi connectivity index (χ3v) is 1.43. The van der Waals surface area contributed by atoms with Gasteiger partial charge in [-0.05, 0) is 12.8 Å². The molecule has 0 amide bonds. The molecule has 0 aromatic carbocycles. The topological polar surface area (TPSA) is 26.0 Å². The van der Waals surface area contributed by atoms with Gasteiger partial charge in [-0.15, -0.1) is 13.2 Å². The fourth-order valence-corrected chi connectivity index (χ4v) is 0.801. The number of nitrogens with two attached hydrogens (primary N) is 1. The summed E-state index contributed by atoms with van der Waals surface area (Å²) in [6.45, 7) is 10.9. The van der Waals surface area contributed by atoms with Crippen LogP contribution in [0.1, 0.15) is 12.8 Å². The quantitative estimate of drug-likeness (QED) is 0.578. The summed E-state index contributed by atoms with van der Waals surface area (Å²) >= 11 is 0. The lowest BCUT2D eigenvalue weighted by Crippen LogP contribution is -2.08. The van der Waals surface area contributed by atoms with E-state index in [2.05, 4.69) is 19.7 Å². The molecular formula is C9H15N. The minimum absolute atomic E-state index is 0.329. The Morgan fingerprint density at radius 3 is 1.90 bits per heavy atom. The first-order valence-electron chi connectivity index (χ1n) is 3.38. The van der Waals surface area contributed by atoms with Crippen molar-refractivity contribution < 1.29 is 0 Å². The number of hydrogen-bond acceptors (Lipinski definition) is 1. The van der Waals surface area contributed by atoms with Crippen LogP contribution in [0.2, 0.25) is 0 Å². The van der Waals surface area contributed by atoms with Crippen molar-refractivity contribution in [1.29, 1.82) is 0 Å². The first-order valence-corrected chi connectivity index (χ1v) is 3.38. The SMILES string of the molecule is C=CCC(CC=C)C(=C)N. The second kappa shape index (κ2) is 4.86. The highest BCUT2D eigenvalue weighted by molar-refractivity contribution is 4.99. The van der Waals surface area contributed by atoms with E-state index < -0.39 is 0 Å². The number of hydrogen-bond donors (Lipinski definition) is 1. The number of rotatable bonds is 5. The van der Waals surface area contributed by atoms with Gasteiger partial charge in [-0.2, -0.15) is 0 Å². The summed E-state index contributed by atoms with van der Waals surface area (Å²) in [6.07, 6.45) is 5.49. The summed E-state index contributed by atoms with van der Waals surface area (Å²) < 4.78 is 0. The second-order valence-corrected chi connectivity index (χ2v) is 2.32. The average molecular weight is 137 g/mol. The Hall–Kier alpha value is -0.980. The number of allylic oxidation sites excluding steroid dienone is 3. The Kier molecular flexibility index (Phi) is 4.38. The van der Waals surface area contributed by atoms with Crippen LogP contribution in [0.15, 0.2) is 37.6 Å². The van der Waals surface area contributed by atoms with Crippen molar-refractivity contribution in [3.8, 4) is 0 Å². The smallest absolute Gasteiger partial charge is 0.00471 e. The highest BCUT2D eigenvalue weighted by Crippen LogP contribution is 2.14. The van der Waals surface area contributed by atoms with Gasteiger partial charge in [0.05, 0.1) is 0 Å². The van der Waals surface area contributed by atoms with Gasteiger partial charge < -0.3 is 5.73 Å². The van der Waals surface area contributed by atoms with Crippen LogP contribution < -0.4 is 5.73 Å². The van der Waals surface area contributed by atoms with E-state index in [1.165, 1.54) is 0 Å². The molecular weight excluding hydrogens is 122 g/mol. The molecule has 10 heavy (non-hydrogen) atoms. The van der Waals surface area contributed by atoms with E-state index in [1.54, 1.807) is 0 Å². The molecule has 0 saturated carbocycles. The van der Waals surface area contributed by atoms with Crippen LogP contribution in [-0.2, 0) is 0 Å². The normalized spacial score (nSPS) is 9.30. The fraction of sp³-hybridized carbons (Fsp3) is 0.333. The molecule has 0 atom stereocenters. The Bertz CT molecular complexity index is 126. The van der Waals surface area contributed by atoms with Crippen molar-refractivity contribution in [3.63, 3.8) is 0 Å². The molecule has 0 aliphatic heterocycles. The molecule has 0 radical (unpaired) electrons. The third kappa shape index (κ3) is 3.13.